The molecule has 0 aromatic heterocycles. The van der Waals surface area contributed by atoms with E-state index in [2.05, 4.69) is 5.32 Å². The summed E-state index contributed by atoms with van der Waals surface area (Å²) >= 11 is 3.26. The van der Waals surface area contributed by atoms with Gasteiger partial charge in [0, 0.05) is 16.4 Å². The monoisotopic (exact) mass is 317 g/mol. The van der Waals surface area contributed by atoms with Gasteiger partial charge in [0.1, 0.15) is 11.9 Å². The number of hydrogen-bond donors (Lipinski definition) is 2. The second kappa shape index (κ2) is 9.66. The first-order valence-corrected chi connectivity index (χ1v) is 8.16. The molecule has 0 fully saturated rings. The molecule has 1 atom stereocenters. The Morgan fingerprint density at radius 3 is 2.60 bits per heavy atom. The quantitative estimate of drug-likeness (QED) is 0.393. The van der Waals surface area contributed by atoms with Gasteiger partial charge in [0.2, 0.25) is 6.41 Å². The van der Waals surface area contributed by atoms with Gasteiger partial charge in [-0.3, -0.25) is 4.79 Å². The Hall–Kier alpha value is -1.21. The molecule has 1 rings (SSSR count). The van der Waals surface area contributed by atoms with Crippen LogP contribution in [-0.4, -0.2) is 40.8 Å². The summed E-state index contributed by atoms with van der Waals surface area (Å²) in [5, 5.41) is 11.1. The number of hydrogen-bond acceptors (Lipinski definition) is 4. The van der Waals surface area contributed by atoms with Crippen molar-refractivity contribution in [3.63, 3.8) is 0 Å². The van der Waals surface area contributed by atoms with Crippen molar-refractivity contribution in [2.24, 2.45) is 0 Å². The van der Waals surface area contributed by atoms with Crippen LogP contribution in [0.1, 0.15) is 6.42 Å². The topological polar surface area (TPSA) is 66.4 Å². The largest absolute Gasteiger partial charge is 0.480 e. The van der Waals surface area contributed by atoms with Crippen LogP contribution < -0.4 is 5.32 Å². The SMILES string of the molecule is O=CNC(CCSCCSc1ccc(F)cc1)C(=O)O. The summed E-state index contributed by atoms with van der Waals surface area (Å²) in [7, 11) is 0. The molecular formula is C13H16FNO3S2. The molecule has 0 spiro atoms. The highest BCUT2D eigenvalue weighted by Gasteiger charge is 2.15. The number of aliphatic carboxylic acids is 1. The van der Waals surface area contributed by atoms with Gasteiger partial charge in [-0.1, -0.05) is 0 Å². The molecule has 20 heavy (non-hydrogen) atoms. The second-order valence-electron chi connectivity index (χ2n) is 3.88. The van der Waals surface area contributed by atoms with Crippen LogP contribution in [0.4, 0.5) is 4.39 Å². The van der Waals surface area contributed by atoms with Gasteiger partial charge in [0.25, 0.3) is 0 Å². The Kier molecular flexibility index (Phi) is 8.13. The zero-order chi connectivity index (χ0) is 14.8. The summed E-state index contributed by atoms with van der Waals surface area (Å²) in [4.78, 5) is 22.0. The van der Waals surface area contributed by atoms with Crippen molar-refractivity contribution in [2.75, 3.05) is 17.3 Å². The number of carboxylic acid groups (broad SMARTS) is 1. The molecule has 0 aliphatic heterocycles. The number of nitrogens with one attached hydrogen (secondary N) is 1. The Bertz CT molecular complexity index is 428. The van der Waals surface area contributed by atoms with E-state index in [-0.39, 0.29) is 5.82 Å². The molecule has 110 valence electrons. The van der Waals surface area contributed by atoms with Crippen LogP contribution in [-0.2, 0) is 9.59 Å². The maximum absolute atomic E-state index is 12.7. The van der Waals surface area contributed by atoms with Crippen LogP contribution in [0.3, 0.4) is 0 Å². The Balaban J connectivity index is 2.11. The fraction of sp³-hybridized carbons (Fsp3) is 0.385. The molecule has 0 radical (unpaired) electrons. The number of rotatable bonds is 10. The van der Waals surface area contributed by atoms with Gasteiger partial charge in [-0.05, 0) is 36.4 Å². The lowest BCUT2D eigenvalue weighted by Crippen LogP contribution is -2.36. The molecule has 1 aromatic carbocycles. The standard InChI is InChI=1S/C13H16FNO3S2/c14-10-1-3-11(4-2-10)20-8-7-19-6-5-12(13(17)18)15-9-16/h1-4,9,12H,5-8H2,(H,15,16)(H,17,18). The summed E-state index contributed by atoms with van der Waals surface area (Å²) in [6.07, 6.45) is 0.813. The minimum atomic E-state index is -1.02. The maximum Gasteiger partial charge on any atom is 0.326 e. The summed E-state index contributed by atoms with van der Waals surface area (Å²) in [5.74, 6) is 1.15. The number of carbonyl (C=O) groups excluding carboxylic acids is 1. The molecule has 0 bridgehead atoms. The fourth-order valence-corrected chi connectivity index (χ4v) is 3.39. The summed E-state index contributed by atoms with van der Waals surface area (Å²) in [5.41, 5.74) is 0. The first-order valence-electron chi connectivity index (χ1n) is 6.02. The fourth-order valence-electron chi connectivity index (χ4n) is 1.41. The van der Waals surface area contributed by atoms with E-state index in [9.17, 15) is 14.0 Å². The van der Waals surface area contributed by atoms with E-state index < -0.39 is 12.0 Å². The highest BCUT2D eigenvalue weighted by molar-refractivity contribution is 8.02. The minimum absolute atomic E-state index is 0.244. The average molecular weight is 317 g/mol. The number of benzene rings is 1. The number of thioether (sulfide) groups is 2. The van der Waals surface area contributed by atoms with Gasteiger partial charge < -0.3 is 10.4 Å². The van der Waals surface area contributed by atoms with Crippen molar-refractivity contribution < 1.29 is 19.1 Å². The lowest BCUT2D eigenvalue weighted by Gasteiger charge is -2.10. The van der Waals surface area contributed by atoms with Gasteiger partial charge in [-0.2, -0.15) is 11.8 Å². The third-order valence-electron chi connectivity index (χ3n) is 2.43. The molecular weight excluding hydrogens is 301 g/mol. The van der Waals surface area contributed by atoms with Crippen LogP contribution >= 0.6 is 23.5 Å². The zero-order valence-electron chi connectivity index (χ0n) is 10.8. The van der Waals surface area contributed by atoms with Crippen LogP contribution in [0, 0.1) is 5.82 Å². The summed E-state index contributed by atoms with van der Waals surface area (Å²) < 4.78 is 12.7. The van der Waals surface area contributed by atoms with Crippen molar-refractivity contribution in [1.82, 2.24) is 5.32 Å². The minimum Gasteiger partial charge on any atom is -0.480 e. The molecule has 1 aromatic rings. The molecule has 0 saturated carbocycles. The van der Waals surface area contributed by atoms with Crippen molar-refractivity contribution >= 4 is 35.9 Å². The molecule has 0 aliphatic carbocycles. The van der Waals surface area contributed by atoms with Crippen LogP contribution in [0.2, 0.25) is 0 Å². The first-order chi connectivity index (χ1) is 9.63. The van der Waals surface area contributed by atoms with Gasteiger partial charge in [0.15, 0.2) is 0 Å². The van der Waals surface area contributed by atoms with E-state index in [4.69, 9.17) is 5.11 Å². The molecule has 0 saturated heterocycles. The number of halogens is 1. The van der Waals surface area contributed by atoms with Crippen LogP contribution in [0.15, 0.2) is 29.2 Å². The van der Waals surface area contributed by atoms with Crippen molar-refractivity contribution in [1.29, 1.82) is 0 Å². The number of carbonyl (C=O) groups is 2. The smallest absolute Gasteiger partial charge is 0.326 e. The van der Waals surface area contributed by atoms with Gasteiger partial charge in [0.05, 0.1) is 0 Å². The molecule has 7 heteroatoms. The van der Waals surface area contributed by atoms with Crippen molar-refractivity contribution in [2.45, 2.75) is 17.4 Å². The highest BCUT2D eigenvalue weighted by atomic mass is 32.2. The van der Waals surface area contributed by atoms with E-state index in [0.29, 0.717) is 18.6 Å². The van der Waals surface area contributed by atoms with Gasteiger partial charge in [-0.25, -0.2) is 9.18 Å². The maximum atomic E-state index is 12.7. The van der Waals surface area contributed by atoms with Gasteiger partial charge >= 0.3 is 5.97 Å². The number of carboxylic acids is 1. The molecule has 0 heterocycles. The molecule has 1 amide bonds. The highest BCUT2D eigenvalue weighted by Crippen LogP contribution is 2.19. The second-order valence-corrected chi connectivity index (χ2v) is 6.27. The van der Waals surface area contributed by atoms with E-state index >= 15 is 0 Å². The summed E-state index contributed by atoms with van der Waals surface area (Å²) in [6, 6.07) is 5.51. The Morgan fingerprint density at radius 2 is 2.00 bits per heavy atom. The lowest BCUT2D eigenvalue weighted by atomic mass is 10.2. The van der Waals surface area contributed by atoms with E-state index in [0.717, 1.165) is 16.4 Å². The Morgan fingerprint density at radius 1 is 1.30 bits per heavy atom. The van der Waals surface area contributed by atoms with E-state index in [1.54, 1.807) is 35.7 Å². The molecule has 1 unspecified atom stereocenters. The predicted molar refractivity (Wildman–Crippen MR) is 79.7 cm³/mol. The van der Waals surface area contributed by atoms with Crippen LogP contribution in [0.5, 0.6) is 0 Å². The average Bonchev–Trinajstić information content (AvgIpc) is 2.43. The lowest BCUT2D eigenvalue weighted by molar-refractivity contribution is -0.140. The van der Waals surface area contributed by atoms with Gasteiger partial charge in [-0.15, -0.1) is 11.8 Å². The third kappa shape index (κ3) is 6.81. The zero-order valence-corrected chi connectivity index (χ0v) is 12.4. The molecule has 2 N–H and O–H groups in total. The predicted octanol–water partition coefficient (Wildman–Crippen LogP) is 2.24. The first kappa shape index (κ1) is 16.8. The van der Waals surface area contributed by atoms with E-state index in [1.165, 1.54) is 12.1 Å². The normalized spacial score (nSPS) is 11.8. The van der Waals surface area contributed by atoms with E-state index in [1.807, 2.05) is 0 Å². The summed E-state index contributed by atoms with van der Waals surface area (Å²) in [6.45, 7) is 0. The van der Waals surface area contributed by atoms with Crippen molar-refractivity contribution in [3.8, 4) is 0 Å². The Labute approximate surface area is 125 Å². The molecule has 0 aliphatic rings. The third-order valence-corrected chi connectivity index (χ3v) is 4.72. The van der Waals surface area contributed by atoms with Crippen molar-refractivity contribution in [3.05, 3.63) is 30.1 Å². The molecule has 4 nitrogen and oxygen atoms in total. The van der Waals surface area contributed by atoms with Crippen LogP contribution in [0.25, 0.3) is 0 Å². The number of amides is 1.